The minimum absolute atomic E-state index is 0.262. The van der Waals surface area contributed by atoms with Gasteiger partial charge in [0.15, 0.2) is 5.65 Å². The molecule has 106 valence electrons. The van der Waals surface area contributed by atoms with Gasteiger partial charge in [0.1, 0.15) is 11.4 Å². The number of hydrogen-bond donors (Lipinski definition) is 1. The summed E-state index contributed by atoms with van der Waals surface area (Å²) in [5.74, 6) is -0.951. The van der Waals surface area contributed by atoms with Crippen molar-refractivity contribution in [2.24, 2.45) is 0 Å². The van der Waals surface area contributed by atoms with Gasteiger partial charge in [0.25, 0.3) is 0 Å². The summed E-state index contributed by atoms with van der Waals surface area (Å²) < 4.78 is 2.53. The zero-order valence-corrected chi connectivity index (χ0v) is 13.3. The SMILES string of the molecule is Cc1cc(Sc2cc(Br)ccc2C(=O)O)n2ncnc2c1. The zero-order valence-electron chi connectivity index (χ0n) is 10.9. The van der Waals surface area contributed by atoms with E-state index >= 15 is 0 Å². The van der Waals surface area contributed by atoms with Gasteiger partial charge in [0.2, 0.25) is 0 Å². The van der Waals surface area contributed by atoms with Crippen LogP contribution in [-0.2, 0) is 0 Å². The van der Waals surface area contributed by atoms with Crippen LogP contribution in [0.2, 0.25) is 0 Å². The Labute approximate surface area is 133 Å². The van der Waals surface area contributed by atoms with Crippen LogP contribution in [0.4, 0.5) is 0 Å². The van der Waals surface area contributed by atoms with Crippen molar-refractivity contribution in [1.82, 2.24) is 14.6 Å². The van der Waals surface area contributed by atoms with Crippen LogP contribution in [0.5, 0.6) is 0 Å². The molecule has 0 aliphatic heterocycles. The number of pyridine rings is 1. The smallest absolute Gasteiger partial charge is 0.336 e. The lowest BCUT2D eigenvalue weighted by Gasteiger charge is -2.08. The molecule has 0 aliphatic rings. The molecule has 0 atom stereocenters. The molecule has 2 aromatic heterocycles. The van der Waals surface area contributed by atoms with E-state index in [4.69, 9.17) is 0 Å². The first kappa shape index (κ1) is 14.1. The first-order chi connectivity index (χ1) is 10.0. The Hall–Kier alpha value is -1.86. The zero-order chi connectivity index (χ0) is 15.0. The van der Waals surface area contributed by atoms with Crippen LogP contribution in [0.3, 0.4) is 0 Å². The Bertz CT molecular complexity index is 847. The fraction of sp³-hybridized carbons (Fsp3) is 0.0714. The van der Waals surface area contributed by atoms with Gasteiger partial charge in [-0.2, -0.15) is 5.10 Å². The van der Waals surface area contributed by atoms with Crippen LogP contribution >= 0.6 is 27.7 Å². The van der Waals surface area contributed by atoms with Crippen molar-refractivity contribution >= 4 is 39.3 Å². The van der Waals surface area contributed by atoms with Gasteiger partial charge >= 0.3 is 5.97 Å². The lowest BCUT2D eigenvalue weighted by molar-refractivity contribution is 0.0693. The van der Waals surface area contributed by atoms with Gasteiger partial charge in [-0.3, -0.25) is 0 Å². The lowest BCUT2D eigenvalue weighted by atomic mass is 10.2. The number of carboxylic acid groups (broad SMARTS) is 1. The third kappa shape index (κ3) is 2.79. The van der Waals surface area contributed by atoms with Crippen molar-refractivity contribution in [3.63, 3.8) is 0 Å². The summed E-state index contributed by atoms with van der Waals surface area (Å²) >= 11 is 4.73. The molecule has 0 radical (unpaired) electrons. The van der Waals surface area contributed by atoms with E-state index in [0.29, 0.717) is 4.90 Å². The number of aromatic carboxylic acids is 1. The second kappa shape index (κ2) is 5.50. The second-order valence-corrected chi connectivity index (χ2v) is 6.43. The van der Waals surface area contributed by atoms with Crippen molar-refractivity contribution in [3.05, 3.63) is 52.3 Å². The van der Waals surface area contributed by atoms with Gasteiger partial charge in [-0.05, 0) is 42.8 Å². The molecular weight excluding hydrogens is 354 g/mol. The molecule has 2 heterocycles. The van der Waals surface area contributed by atoms with Crippen molar-refractivity contribution in [2.45, 2.75) is 16.8 Å². The molecule has 3 aromatic rings. The fourth-order valence-corrected chi connectivity index (χ4v) is 3.62. The third-order valence-corrected chi connectivity index (χ3v) is 4.43. The molecule has 0 unspecified atom stereocenters. The molecule has 7 heteroatoms. The van der Waals surface area contributed by atoms with Gasteiger partial charge in [0, 0.05) is 9.37 Å². The van der Waals surface area contributed by atoms with E-state index in [1.807, 2.05) is 19.1 Å². The van der Waals surface area contributed by atoms with E-state index in [2.05, 4.69) is 26.0 Å². The van der Waals surface area contributed by atoms with Crippen LogP contribution in [0, 0.1) is 6.92 Å². The van der Waals surface area contributed by atoms with E-state index < -0.39 is 5.97 Å². The number of aryl methyl sites for hydroxylation is 1. The van der Waals surface area contributed by atoms with Crippen molar-refractivity contribution in [1.29, 1.82) is 0 Å². The lowest BCUT2D eigenvalue weighted by Crippen LogP contribution is -2.00. The Balaban J connectivity index is 2.12. The van der Waals surface area contributed by atoms with Crippen LogP contribution in [0.15, 0.2) is 51.1 Å². The molecule has 5 nitrogen and oxygen atoms in total. The van der Waals surface area contributed by atoms with E-state index in [1.165, 1.54) is 18.1 Å². The predicted molar refractivity (Wildman–Crippen MR) is 82.9 cm³/mol. The Morgan fingerprint density at radius 3 is 2.90 bits per heavy atom. The van der Waals surface area contributed by atoms with E-state index in [0.717, 1.165) is 20.7 Å². The highest BCUT2D eigenvalue weighted by Gasteiger charge is 2.14. The number of nitrogens with zero attached hydrogens (tertiary/aromatic N) is 3. The first-order valence-corrected chi connectivity index (χ1v) is 7.66. The van der Waals surface area contributed by atoms with Crippen molar-refractivity contribution in [3.8, 4) is 0 Å². The maximum absolute atomic E-state index is 11.3. The second-order valence-electron chi connectivity index (χ2n) is 4.45. The third-order valence-electron chi connectivity index (χ3n) is 2.88. The molecular formula is C14H10BrN3O2S. The van der Waals surface area contributed by atoms with E-state index in [-0.39, 0.29) is 5.56 Å². The molecule has 0 bridgehead atoms. The number of carbonyl (C=O) groups is 1. The summed E-state index contributed by atoms with van der Waals surface area (Å²) in [5.41, 5.74) is 2.05. The van der Waals surface area contributed by atoms with E-state index in [9.17, 15) is 9.90 Å². The molecule has 0 amide bonds. The van der Waals surface area contributed by atoms with Crippen LogP contribution < -0.4 is 0 Å². The Kier molecular flexibility index (Phi) is 3.69. The summed E-state index contributed by atoms with van der Waals surface area (Å²) in [5, 5.41) is 14.3. The fourth-order valence-electron chi connectivity index (χ4n) is 1.96. The van der Waals surface area contributed by atoms with Crippen LogP contribution in [-0.4, -0.2) is 25.7 Å². The standard InChI is InChI=1S/C14H10BrN3O2S/c1-8-4-12-16-7-17-18(12)13(5-8)21-11-6-9(15)2-3-10(11)14(19)20/h2-7H,1H3,(H,19,20). The molecule has 0 spiro atoms. The highest BCUT2D eigenvalue weighted by Crippen LogP contribution is 2.33. The molecule has 0 fully saturated rings. The number of fused-ring (bicyclic) bond motifs is 1. The summed E-state index contributed by atoms with van der Waals surface area (Å²) in [6.45, 7) is 1.97. The number of halogens is 1. The number of aromatic nitrogens is 3. The largest absolute Gasteiger partial charge is 0.478 e. The highest BCUT2D eigenvalue weighted by molar-refractivity contribution is 9.10. The maximum Gasteiger partial charge on any atom is 0.336 e. The normalized spacial score (nSPS) is 11.0. The van der Waals surface area contributed by atoms with Gasteiger partial charge in [-0.1, -0.05) is 27.7 Å². The molecule has 3 rings (SSSR count). The molecule has 0 aliphatic carbocycles. The summed E-state index contributed by atoms with van der Waals surface area (Å²) in [4.78, 5) is 16.2. The van der Waals surface area contributed by atoms with Crippen LogP contribution in [0.25, 0.3) is 5.65 Å². The van der Waals surface area contributed by atoms with Gasteiger partial charge < -0.3 is 5.11 Å². The summed E-state index contributed by atoms with van der Waals surface area (Å²) in [6, 6.07) is 8.98. The number of carboxylic acids is 1. The molecule has 21 heavy (non-hydrogen) atoms. The monoisotopic (exact) mass is 363 g/mol. The molecule has 0 saturated carbocycles. The van der Waals surface area contributed by atoms with Gasteiger partial charge in [-0.15, -0.1) is 0 Å². The topological polar surface area (TPSA) is 67.5 Å². The average Bonchev–Trinajstić information content (AvgIpc) is 2.86. The number of benzene rings is 1. The molecule has 1 aromatic carbocycles. The van der Waals surface area contributed by atoms with Crippen LogP contribution in [0.1, 0.15) is 15.9 Å². The molecule has 0 saturated heterocycles. The average molecular weight is 364 g/mol. The number of hydrogen-bond acceptors (Lipinski definition) is 4. The minimum Gasteiger partial charge on any atom is -0.478 e. The number of rotatable bonds is 3. The van der Waals surface area contributed by atoms with E-state index in [1.54, 1.807) is 22.7 Å². The minimum atomic E-state index is -0.951. The Morgan fingerprint density at radius 1 is 1.33 bits per heavy atom. The predicted octanol–water partition coefficient (Wildman–Crippen LogP) is 3.65. The van der Waals surface area contributed by atoms with Crippen molar-refractivity contribution < 1.29 is 9.90 Å². The van der Waals surface area contributed by atoms with Gasteiger partial charge in [-0.25, -0.2) is 14.3 Å². The quantitative estimate of drug-likeness (QED) is 0.769. The maximum atomic E-state index is 11.3. The highest BCUT2D eigenvalue weighted by atomic mass is 79.9. The summed E-state index contributed by atoms with van der Waals surface area (Å²) in [6.07, 6.45) is 1.48. The first-order valence-electron chi connectivity index (χ1n) is 6.05. The summed E-state index contributed by atoms with van der Waals surface area (Å²) in [7, 11) is 0. The Morgan fingerprint density at radius 2 is 2.14 bits per heavy atom. The molecule has 1 N–H and O–H groups in total. The van der Waals surface area contributed by atoms with Crippen molar-refractivity contribution in [2.75, 3.05) is 0 Å². The van der Waals surface area contributed by atoms with Gasteiger partial charge in [0.05, 0.1) is 5.56 Å².